The summed E-state index contributed by atoms with van der Waals surface area (Å²) >= 11 is 0. The number of methoxy groups -OCH3 is 2. The molecule has 1 rings (SSSR count). The summed E-state index contributed by atoms with van der Waals surface area (Å²) in [6.07, 6.45) is 1.45. The maximum absolute atomic E-state index is 12.2. The van der Waals surface area contributed by atoms with Gasteiger partial charge in [0.2, 0.25) is 0 Å². The van der Waals surface area contributed by atoms with E-state index in [-0.39, 0.29) is 24.4 Å². The molecule has 1 aromatic rings. The van der Waals surface area contributed by atoms with E-state index in [4.69, 9.17) is 0 Å². The minimum absolute atomic E-state index is 0.154. The van der Waals surface area contributed by atoms with Gasteiger partial charge in [-0.25, -0.2) is 4.79 Å². The highest BCUT2D eigenvalue weighted by Gasteiger charge is 2.23. The molecule has 1 amide bonds. The highest BCUT2D eigenvalue weighted by Crippen LogP contribution is 2.28. The fourth-order valence-corrected chi connectivity index (χ4v) is 2.06. The molecule has 0 heterocycles. The first-order chi connectivity index (χ1) is 11.4. The van der Waals surface area contributed by atoms with Crippen molar-refractivity contribution >= 4 is 17.8 Å². The number of nitrogens with one attached hydrogen (secondary N) is 1. The zero-order valence-electron chi connectivity index (χ0n) is 13.6. The Morgan fingerprint density at radius 1 is 1.12 bits per heavy atom. The van der Waals surface area contributed by atoms with Crippen LogP contribution < -0.4 is 5.32 Å². The molecule has 0 aromatic heterocycles. The molecule has 1 aromatic carbocycles. The Hall–Kier alpha value is -2.77. The van der Waals surface area contributed by atoms with Gasteiger partial charge in [0.1, 0.15) is 6.04 Å². The predicted octanol–water partition coefficient (Wildman–Crippen LogP) is 1.10. The summed E-state index contributed by atoms with van der Waals surface area (Å²) in [4.78, 5) is 35.0. The number of phenolic OH excluding ortho intramolecular Hbond substituents is 2. The third kappa shape index (κ3) is 5.45. The van der Waals surface area contributed by atoms with Crippen LogP contribution in [0.3, 0.4) is 0 Å². The Morgan fingerprint density at radius 2 is 1.83 bits per heavy atom. The van der Waals surface area contributed by atoms with E-state index in [1.807, 2.05) is 0 Å². The molecule has 24 heavy (non-hydrogen) atoms. The molecule has 1 atom stereocenters. The van der Waals surface area contributed by atoms with Gasteiger partial charge in [0.25, 0.3) is 5.91 Å². The van der Waals surface area contributed by atoms with E-state index < -0.39 is 29.4 Å². The van der Waals surface area contributed by atoms with Gasteiger partial charge in [0.05, 0.1) is 19.8 Å². The number of hydrogen-bond acceptors (Lipinski definition) is 7. The average Bonchev–Trinajstić information content (AvgIpc) is 2.58. The molecule has 8 nitrogen and oxygen atoms in total. The van der Waals surface area contributed by atoms with Crippen molar-refractivity contribution < 1.29 is 34.1 Å². The second-order valence-corrected chi connectivity index (χ2v) is 5.04. The van der Waals surface area contributed by atoms with Gasteiger partial charge in [-0.2, -0.15) is 0 Å². The number of unbranched alkanes of at least 4 members (excludes halogenated alkanes) is 1. The lowest BCUT2D eigenvalue weighted by molar-refractivity contribution is -0.143. The van der Waals surface area contributed by atoms with E-state index in [2.05, 4.69) is 14.8 Å². The molecule has 132 valence electrons. The average molecular weight is 339 g/mol. The number of aromatic hydroxyl groups is 2. The number of para-hydroxylation sites is 1. The minimum Gasteiger partial charge on any atom is -0.504 e. The largest absolute Gasteiger partial charge is 0.504 e. The van der Waals surface area contributed by atoms with E-state index >= 15 is 0 Å². The molecule has 0 aliphatic heterocycles. The molecule has 0 spiro atoms. The normalized spacial score (nSPS) is 11.4. The first-order valence-corrected chi connectivity index (χ1v) is 7.37. The fourth-order valence-electron chi connectivity index (χ4n) is 2.06. The van der Waals surface area contributed by atoms with Gasteiger partial charge >= 0.3 is 11.9 Å². The quantitative estimate of drug-likeness (QED) is 0.368. The second-order valence-electron chi connectivity index (χ2n) is 5.04. The number of hydrogen-bond donors (Lipinski definition) is 3. The number of phenols is 2. The Labute approximate surface area is 139 Å². The Balaban J connectivity index is 2.68. The Morgan fingerprint density at radius 3 is 2.46 bits per heavy atom. The van der Waals surface area contributed by atoms with Crippen molar-refractivity contribution in [1.29, 1.82) is 0 Å². The lowest BCUT2D eigenvalue weighted by Crippen LogP contribution is -2.41. The highest BCUT2D eigenvalue weighted by atomic mass is 16.5. The van der Waals surface area contributed by atoms with Crippen molar-refractivity contribution in [2.75, 3.05) is 14.2 Å². The third-order valence-electron chi connectivity index (χ3n) is 3.40. The van der Waals surface area contributed by atoms with Crippen molar-refractivity contribution in [3.05, 3.63) is 23.8 Å². The number of benzene rings is 1. The first kappa shape index (κ1) is 19.3. The van der Waals surface area contributed by atoms with Gasteiger partial charge < -0.3 is 25.0 Å². The van der Waals surface area contributed by atoms with Crippen LogP contribution in [-0.4, -0.2) is 48.3 Å². The predicted molar refractivity (Wildman–Crippen MR) is 83.5 cm³/mol. The number of esters is 2. The van der Waals surface area contributed by atoms with Gasteiger partial charge in [-0.05, 0) is 25.0 Å². The minimum atomic E-state index is -0.929. The van der Waals surface area contributed by atoms with Crippen molar-refractivity contribution in [1.82, 2.24) is 5.32 Å². The van der Waals surface area contributed by atoms with E-state index in [1.54, 1.807) is 0 Å². The maximum atomic E-state index is 12.2. The van der Waals surface area contributed by atoms with Crippen LogP contribution in [0.15, 0.2) is 18.2 Å². The summed E-state index contributed by atoms with van der Waals surface area (Å²) in [7, 11) is 2.49. The van der Waals surface area contributed by atoms with Gasteiger partial charge in [-0.1, -0.05) is 12.5 Å². The van der Waals surface area contributed by atoms with Crippen molar-refractivity contribution in [3.8, 4) is 11.5 Å². The molecule has 3 N–H and O–H groups in total. The standard InChI is InChI=1S/C16H21NO7/c1-23-13(19)9-4-3-7-11(16(22)24-2)17-15(21)10-6-5-8-12(18)14(10)20/h5-6,8,11,18,20H,3-4,7,9H2,1-2H3,(H,17,21)/t11-/m0/s1. The molecular weight excluding hydrogens is 318 g/mol. The van der Waals surface area contributed by atoms with Crippen LogP contribution in [0.4, 0.5) is 0 Å². The van der Waals surface area contributed by atoms with Gasteiger partial charge in [0, 0.05) is 6.42 Å². The van der Waals surface area contributed by atoms with Crippen molar-refractivity contribution in [2.45, 2.75) is 31.7 Å². The van der Waals surface area contributed by atoms with E-state index in [1.165, 1.54) is 32.4 Å². The third-order valence-corrected chi connectivity index (χ3v) is 3.40. The SMILES string of the molecule is COC(=O)CCCC[C@H](NC(=O)c1cccc(O)c1O)C(=O)OC. The zero-order valence-corrected chi connectivity index (χ0v) is 13.6. The summed E-state index contributed by atoms with van der Waals surface area (Å²) in [6.45, 7) is 0. The zero-order chi connectivity index (χ0) is 18.1. The van der Waals surface area contributed by atoms with E-state index in [0.29, 0.717) is 12.8 Å². The van der Waals surface area contributed by atoms with Crippen LogP contribution in [0, 0.1) is 0 Å². The molecule has 0 unspecified atom stereocenters. The summed E-state index contributed by atoms with van der Waals surface area (Å²) in [5.41, 5.74) is -0.154. The van der Waals surface area contributed by atoms with Crippen LogP contribution in [0.25, 0.3) is 0 Å². The number of amides is 1. The number of carbonyl (C=O) groups is 3. The number of rotatable bonds is 8. The maximum Gasteiger partial charge on any atom is 0.328 e. The molecule has 0 saturated heterocycles. The molecule has 0 aliphatic carbocycles. The van der Waals surface area contributed by atoms with Crippen molar-refractivity contribution in [3.63, 3.8) is 0 Å². The molecule has 0 radical (unpaired) electrons. The number of ether oxygens (including phenoxy) is 2. The second kappa shape index (κ2) is 9.39. The smallest absolute Gasteiger partial charge is 0.328 e. The topological polar surface area (TPSA) is 122 Å². The van der Waals surface area contributed by atoms with Crippen LogP contribution in [-0.2, 0) is 19.1 Å². The lowest BCUT2D eigenvalue weighted by atomic mass is 10.1. The number of carbonyl (C=O) groups excluding carboxylic acids is 3. The van der Waals surface area contributed by atoms with Crippen molar-refractivity contribution in [2.24, 2.45) is 0 Å². The molecule has 8 heteroatoms. The van der Waals surface area contributed by atoms with Gasteiger partial charge in [-0.3, -0.25) is 9.59 Å². The Bertz CT molecular complexity index is 600. The van der Waals surface area contributed by atoms with Gasteiger partial charge in [0.15, 0.2) is 11.5 Å². The monoisotopic (exact) mass is 339 g/mol. The van der Waals surface area contributed by atoms with Crippen LogP contribution >= 0.6 is 0 Å². The summed E-state index contributed by atoms with van der Waals surface area (Å²) < 4.78 is 9.17. The van der Waals surface area contributed by atoms with E-state index in [0.717, 1.165) is 0 Å². The first-order valence-electron chi connectivity index (χ1n) is 7.37. The summed E-state index contributed by atoms with van der Waals surface area (Å²) in [6, 6.07) is 3.02. The lowest BCUT2D eigenvalue weighted by Gasteiger charge is -2.17. The van der Waals surface area contributed by atoms with E-state index in [9.17, 15) is 24.6 Å². The summed E-state index contributed by atoms with van der Waals surface area (Å²) in [5, 5.41) is 21.6. The van der Waals surface area contributed by atoms with Crippen LogP contribution in [0.1, 0.15) is 36.0 Å². The van der Waals surface area contributed by atoms with Gasteiger partial charge in [-0.15, -0.1) is 0 Å². The molecule has 0 aliphatic rings. The summed E-state index contributed by atoms with van der Waals surface area (Å²) in [5.74, 6) is -2.70. The molecular formula is C16H21NO7. The Kier molecular flexibility index (Phi) is 7.54. The van der Waals surface area contributed by atoms with Crippen LogP contribution in [0.2, 0.25) is 0 Å². The molecule has 0 saturated carbocycles. The fraction of sp³-hybridized carbons (Fsp3) is 0.438. The highest BCUT2D eigenvalue weighted by molar-refractivity contribution is 5.99. The van der Waals surface area contributed by atoms with Crippen LogP contribution in [0.5, 0.6) is 11.5 Å². The molecule has 0 bridgehead atoms. The molecule has 0 fully saturated rings.